The van der Waals surface area contributed by atoms with Crippen molar-refractivity contribution in [2.75, 3.05) is 33.9 Å². The van der Waals surface area contributed by atoms with Crippen LogP contribution in [0.2, 0.25) is 0 Å². The lowest BCUT2D eigenvalue weighted by atomic mass is 10.1. The van der Waals surface area contributed by atoms with Crippen LogP contribution in [0.25, 0.3) is 0 Å². The van der Waals surface area contributed by atoms with Crippen LogP contribution < -0.4 is 0 Å². The third-order valence-corrected chi connectivity index (χ3v) is 3.18. The number of esters is 1. The molecule has 116 valence electrons. The molecule has 0 N–H and O–H groups in total. The third kappa shape index (κ3) is 5.55. The van der Waals surface area contributed by atoms with E-state index in [1.165, 1.54) is 7.11 Å². The van der Waals surface area contributed by atoms with E-state index in [0.29, 0.717) is 25.3 Å². The van der Waals surface area contributed by atoms with Gasteiger partial charge in [0.1, 0.15) is 0 Å². The minimum Gasteiger partial charge on any atom is -0.469 e. The maximum absolute atomic E-state index is 12.5. The normalized spacial score (nSPS) is 11.8. The van der Waals surface area contributed by atoms with Crippen molar-refractivity contribution in [3.05, 3.63) is 35.9 Å². The number of carbonyl (C=O) groups excluding carboxylic acids is 2. The molecule has 1 aromatic rings. The molecule has 0 saturated carbocycles. The van der Waals surface area contributed by atoms with Crippen LogP contribution in [-0.2, 0) is 14.3 Å². The lowest BCUT2D eigenvalue weighted by molar-refractivity contribution is -0.145. The minimum atomic E-state index is -0.356. The van der Waals surface area contributed by atoms with E-state index >= 15 is 0 Å². The second-order valence-corrected chi connectivity index (χ2v) is 4.89. The lowest BCUT2D eigenvalue weighted by Crippen LogP contribution is -2.38. The van der Waals surface area contributed by atoms with E-state index in [0.717, 1.165) is 6.42 Å². The van der Waals surface area contributed by atoms with Crippen molar-refractivity contribution < 1.29 is 19.1 Å². The predicted molar refractivity (Wildman–Crippen MR) is 80.0 cm³/mol. The predicted octanol–water partition coefficient (Wildman–Crippen LogP) is 1.97. The fraction of sp³-hybridized carbons (Fsp3) is 0.500. The topological polar surface area (TPSA) is 55.8 Å². The van der Waals surface area contributed by atoms with Gasteiger partial charge in [0.2, 0.25) is 0 Å². The van der Waals surface area contributed by atoms with Crippen LogP contribution in [0, 0.1) is 5.92 Å². The molecule has 0 aliphatic carbocycles. The van der Waals surface area contributed by atoms with Gasteiger partial charge in [0.25, 0.3) is 5.91 Å². The first kappa shape index (κ1) is 17.2. The number of methoxy groups -OCH3 is 2. The highest BCUT2D eigenvalue weighted by atomic mass is 16.5. The van der Waals surface area contributed by atoms with Crippen molar-refractivity contribution in [3.63, 3.8) is 0 Å². The Morgan fingerprint density at radius 1 is 1.19 bits per heavy atom. The fourth-order valence-electron chi connectivity index (χ4n) is 2.05. The summed E-state index contributed by atoms with van der Waals surface area (Å²) in [4.78, 5) is 25.7. The van der Waals surface area contributed by atoms with E-state index in [2.05, 4.69) is 0 Å². The maximum atomic E-state index is 12.5. The van der Waals surface area contributed by atoms with Crippen molar-refractivity contribution in [3.8, 4) is 0 Å². The van der Waals surface area contributed by atoms with Gasteiger partial charge < -0.3 is 14.4 Å². The number of benzene rings is 1. The van der Waals surface area contributed by atoms with Crippen LogP contribution in [0.4, 0.5) is 0 Å². The summed E-state index contributed by atoms with van der Waals surface area (Å²) in [6.07, 6.45) is 0.725. The average Bonchev–Trinajstić information content (AvgIpc) is 2.53. The van der Waals surface area contributed by atoms with Gasteiger partial charge in [-0.3, -0.25) is 9.59 Å². The largest absolute Gasteiger partial charge is 0.469 e. The van der Waals surface area contributed by atoms with E-state index in [4.69, 9.17) is 9.47 Å². The van der Waals surface area contributed by atoms with Gasteiger partial charge in [-0.2, -0.15) is 0 Å². The van der Waals surface area contributed by atoms with Crippen LogP contribution in [-0.4, -0.2) is 50.7 Å². The summed E-state index contributed by atoms with van der Waals surface area (Å²) in [5.41, 5.74) is 0.618. The molecular formula is C16H23NO4. The molecule has 5 heteroatoms. The molecule has 1 amide bonds. The van der Waals surface area contributed by atoms with Gasteiger partial charge in [0, 0.05) is 32.4 Å². The quantitative estimate of drug-likeness (QED) is 0.543. The first-order valence-electron chi connectivity index (χ1n) is 7.01. The van der Waals surface area contributed by atoms with Crippen LogP contribution in [0.1, 0.15) is 23.7 Å². The zero-order valence-electron chi connectivity index (χ0n) is 12.9. The number of rotatable bonds is 8. The average molecular weight is 293 g/mol. The second-order valence-electron chi connectivity index (χ2n) is 4.89. The first-order chi connectivity index (χ1) is 10.1. The van der Waals surface area contributed by atoms with Crippen molar-refractivity contribution in [2.45, 2.75) is 13.3 Å². The Kier molecular flexibility index (Phi) is 7.46. The van der Waals surface area contributed by atoms with Gasteiger partial charge in [-0.1, -0.05) is 25.1 Å². The Hall–Kier alpha value is -1.88. The van der Waals surface area contributed by atoms with Crippen LogP contribution >= 0.6 is 0 Å². The van der Waals surface area contributed by atoms with Gasteiger partial charge in [-0.15, -0.1) is 0 Å². The molecule has 21 heavy (non-hydrogen) atoms. The minimum absolute atomic E-state index is 0.0811. The molecule has 1 atom stereocenters. The second kappa shape index (κ2) is 9.13. The number of ether oxygens (including phenoxy) is 2. The highest BCUT2D eigenvalue weighted by Gasteiger charge is 2.22. The molecule has 1 rings (SSSR count). The Morgan fingerprint density at radius 3 is 2.43 bits per heavy atom. The highest BCUT2D eigenvalue weighted by molar-refractivity contribution is 5.94. The van der Waals surface area contributed by atoms with E-state index in [9.17, 15) is 9.59 Å². The smallest absolute Gasteiger partial charge is 0.310 e. The molecule has 0 bridgehead atoms. The Bertz CT molecular complexity index is 447. The van der Waals surface area contributed by atoms with Gasteiger partial charge >= 0.3 is 5.97 Å². The van der Waals surface area contributed by atoms with Gasteiger partial charge in [0.15, 0.2) is 0 Å². The highest BCUT2D eigenvalue weighted by Crippen LogP contribution is 2.09. The van der Waals surface area contributed by atoms with Crippen molar-refractivity contribution in [2.24, 2.45) is 5.92 Å². The zero-order chi connectivity index (χ0) is 15.7. The molecule has 1 aromatic carbocycles. The molecule has 0 fully saturated rings. The van der Waals surface area contributed by atoms with Gasteiger partial charge in [0.05, 0.1) is 13.0 Å². The molecule has 5 nitrogen and oxygen atoms in total. The molecule has 0 aliphatic rings. The monoisotopic (exact) mass is 293 g/mol. The lowest BCUT2D eigenvalue weighted by Gasteiger charge is -2.25. The molecule has 0 aromatic heterocycles. The summed E-state index contributed by atoms with van der Waals surface area (Å²) in [5, 5.41) is 0. The standard InChI is InChI=1S/C16H23NO4/c1-13(16(19)21-3)12-17(10-7-11-20-2)15(18)14-8-5-4-6-9-14/h4-6,8-9,13H,7,10-12H2,1-3H3. The summed E-state index contributed by atoms with van der Waals surface area (Å²) < 4.78 is 9.74. The number of nitrogens with zero attached hydrogens (tertiary/aromatic N) is 1. The number of hydrogen-bond donors (Lipinski definition) is 0. The van der Waals surface area contributed by atoms with Crippen molar-refractivity contribution >= 4 is 11.9 Å². The Labute approximate surface area is 125 Å². The number of amides is 1. The van der Waals surface area contributed by atoms with E-state index < -0.39 is 0 Å². The first-order valence-corrected chi connectivity index (χ1v) is 7.01. The van der Waals surface area contributed by atoms with Crippen molar-refractivity contribution in [1.82, 2.24) is 4.90 Å². The molecule has 0 spiro atoms. The number of hydrogen-bond acceptors (Lipinski definition) is 4. The molecular weight excluding hydrogens is 270 g/mol. The van der Waals surface area contributed by atoms with E-state index in [1.807, 2.05) is 18.2 Å². The third-order valence-electron chi connectivity index (χ3n) is 3.18. The molecule has 0 heterocycles. The van der Waals surface area contributed by atoms with Crippen LogP contribution in [0.3, 0.4) is 0 Å². The van der Waals surface area contributed by atoms with E-state index in [1.54, 1.807) is 31.1 Å². The molecule has 0 saturated heterocycles. The zero-order valence-corrected chi connectivity index (χ0v) is 12.9. The van der Waals surface area contributed by atoms with E-state index in [-0.39, 0.29) is 17.8 Å². The SMILES string of the molecule is COCCCN(CC(C)C(=O)OC)C(=O)c1ccccc1. The Morgan fingerprint density at radius 2 is 1.86 bits per heavy atom. The maximum Gasteiger partial charge on any atom is 0.310 e. The van der Waals surface area contributed by atoms with Crippen molar-refractivity contribution in [1.29, 1.82) is 0 Å². The number of carbonyl (C=O) groups is 2. The molecule has 1 unspecified atom stereocenters. The summed E-state index contributed by atoms with van der Waals surface area (Å²) >= 11 is 0. The van der Waals surface area contributed by atoms with Gasteiger partial charge in [-0.05, 0) is 18.6 Å². The summed E-state index contributed by atoms with van der Waals surface area (Å²) in [6, 6.07) is 9.06. The summed E-state index contributed by atoms with van der Waals surface area (Å²) in [5.74, 6) is -0.750. The molecule has 0 radical (unpaired) electrons. The van der Waals surface area contributed by atoms with Crippen LogP contribution in [0.5, 0.6) is 0 Å². The summed E-state index contributed by atoms with van der Waals surface area (Å²) in [7, 11) is 2.98. The Balaban J connectivity index is 2.76. The molecule has 0 aliphatic heterocycles. The van der Waals surface area contributed by atoms with Crippen LogP contribution in [0.15, 0.2) is 30.3 Å². The fourth-order valence-corrected chi connectivity index (χ4v) is 2.05. The summed E-state index contributed by atoms with van der Waals surface area (Å²) in [6.45, 7) is 3.21. The van der Waals surface area contributed by atoms with Gasteiger partial charge in [-0.25, -0.2) is 0 Å².